The minimum atomic E-state index is -0.459. The summed E-state index contributed by atoms with van der Waals surface area (Å²) in [5.74, 6) is 0. The Kier molecular flexibility index (Phi) is 4.76. The molecule has 1 unspecified atom stereocenters. The average molecular weight is 322 g/mol. The normalized spacial score (nSPS) is 20.8. The lowest BCUT2D eigenvalue weighted by Crippen LogP contribution is -2.41. The van der Waals surface area contributed by atoms with Crippen LogP contribution < -0.4 is 5.32 Å². The lowest BCUT2D eigenvalue weighted by Gasteiger charge is -2.26. The van der Waals surface area contributed by atoms with Crippen molar-refractivity contribution < 1.29 is 9.53 Å². The monoisotopic (exact) mass is 322 g/mol. The van der Waals surface area contributed by atoms with E-state index in [1.807, 2.05) is 38.7 Å². The van der Waals surface area contributed by atoms with Crippen LogP contribution in [-0.2, 0) is 18.3 Å². The summed E-state index contributed by atoms with van der Waals surface area (Å²) in [6.45, 7) is 14.3. The van der Waals surface area contributed by atoms with Gasteiger partial charge in [0.05, 0.1) is 6.20 Å². The molecule has 1 N–H and O–H groups in total. The lowest BCUT2D eigenvalue weighted by molar-refractivity contribution is 0.0277. The predicted molar refractivity (Wildman–Crippen MR) is 90.2 cm³/mol. The minimum absolute atomic E-state index is 0.00696. The van der Waals surface area contributed by atoms with Crippen molar-refractivity contribution in [2.24, 2.45) is 12.5 Å². The largest absolute Gasteiger partial charge is 0.444 e. The van der Waals surface area contributed by atoms with Gasteiger partial charge in [0, 0.05) is 44.0 Å². The van der Waals surface area contributed by atoms with E-state index in [0.29, 0.717) is 13.1 Å². The van der Waals surface area contributed by atoms with Crippen molar-refractivity contribution in [3.63, 3.8) is 0 Å². The van der Waals surface area contributed by atoms with Crippen molar-refractivity contribution in [3.8, 4) is 0 Å². The van der Waals surface area contributed by atoms with Crippen molar-refractivity contribution in [2.75, 3.05) is 13.1 Å². The van der Waals surface area contributed by atoms with Gasteiger partial charge in [-0.15, -0.1) is 0 Å². The summed E-state index contributed by atoms with van der Waals surface area (Å²) in [5.41, 5.74) is 1.91. The summed E-state index contributed by atoms with van der Waals surface area (Å²) in [6.07, 6.45) is 1.67. The number of aromatic nitrogens is 2. The highest BCUT2D eigenvalue weighted by Gasteiger charge is 2.42. The van der Waals surface area contributed by atoms with E-state index in [1.165, 1.54) is 5.56 Å². The van der Waals surface area contributed by atoms with Crippen LogP contribution in [0.25, 0.3) is 0 Å². The van der Waals surface area contributed by atoms with Crippen LogP contribution in [0.3, 0.4) is 0 Å². The molecule has 1 atom stereocenters. The number of ether oxygens (including phenoxy) is 1. The molecule has 6 nitrogen and oxygen atoms in total. The zero-order valence-electron chi connectivity index (χ0n) is 15.4. The molecule has 23 heavy (non-hydrogen) atoms. The topological polar surface area (TPSA) is 59.4 Å². The number of carbonyl (C=O) groups is 1. The molecule has 1 saturated heterocycles. The Balaban J connectivity index is 1.97. The van der Waals surface area contributed by atoms with Gasteiger partial charge in [0.2, 0.25) is 0 Å². The van der Waals surface area contributed by atoms with Gasteiger partial charge < -0.3 is 15.0 Å². The van der Waals surface area contributed by atoms with E-state index in [1.54, 1.807) is 4.90 Å². The molecule has 0 spiro atoms. The summed E-state index contributed by atoms with van der Waals surface area (Å²) in [4.78, 5) is 14.1. The Morgan fingerprint density at radius 1 is 1.48 bits per heavy atom. The highest BCUT2D eigenvalue weighted by molar-refractivity contribution is 5.68. The highest BCUT2D eigenvalue weighted by Crippen LogP contribution is 2.31. The Bertz CT molecular complexity index is 572. The average Bonchev–Trinajstić information content (AvgIpc) is 2.87. The molecule has 0 aromatic carbocycles. The molecule has 0 aliphatic carbocycles. The first kappa shape index (κ1) is 17.8. The van der Waals surface area contributed by atoms with E-state index in [9.17, 15) is 4.79 Å². The van der Waals surface area contributed by atoms with E-state index in [4.69, 9.17) is 4.74 Å². The number of rotatable bonds is 3. The number of amides is 1. The molecule has 0 radical (unpaired) electrons. The van der Waals surface area contributed by atoms with Gasteiger partial charge in [-0.25, -0.2) is 4.79 Å². The molecule has 2 rings (SSSR count). The maximum Gasteiger partial charge on any atom is 0.410 e. The number of nitrogens with one attached hydrogen (secondary N) is 1. The number of aryl methyl sites for hydroxylation is 1. The predicted octanol–water partition coefficient (Wildman–Crippen LogP) is 2.46. The summed E-state index contributed by atoms with van der Waals surface area (Å²) >= 11 is 0. The van der Waals surface area contributed by atoms with Crippen molar-refractivity contribution >= 4 is 6.09 Å². The van der Waals surface area contributed by atoms with E-state index in [-0.39, 0.29) is 17.6 Å². The van der Waals surface area contributed by atoms with Crippen LogP contribution in [0.2, 0.25) is 0 Å². The molecular weight excluding hydrogens is 292 g/mol. The van der Waals surface area contributed by atoms with Gasteiger partial charge in [0.25, 0.3) is 0 Å². The fourth-order valence-corrected chi connectivity index (χ4v) is 2.89. The van der Waals surface area contributed by atoms with E-state index in [2.05, 4.69) is 31.2 Å². The fraction of sp³-hybridized carbons (Fsp3) is 0.765. The summed E-state index contributed by atoms with van der Waals surface area (Å²) in [5, 5.41) is 7.86. The molecule has 130 valence electrons. The second-order valence-corrected chi connectivity index (χ2v) is 8.16. The zero-order valence-corrected chi connectivity index (χ0v) is 15.4. The smallest absolute Gasteiger partial charge is 0.410 e. The highest BCUT2D eigenvalue weighted by atomic mass is 16.6. The third-order valence-corrected chi connectivity index (χ3v) is 4.47. The molecule has 6 heteroatoms. The van der Waals surface area contributed by atoms with Crippen LogP contribution in [0.4, 0.5) is 4.79 Å². The van der Waals surface area contributed by atoms with Crippen molar-refractivity contribution in [2.45, 2.75) is 59.7 Å². The van der Waals surface area contributed by atoms with Crippen molar-refractivity contribution in [1.82, 2.24) is 20.0 Å². The molecule has 2 heterocycles. The van der Waals surface area contributed by atoms with Gasteiger partial charge >= 0.3 is 6.09 Å². The maximum absolute atomic E-state index is 12.3. The van der Waals surface area contributed by atoms with E-state index in [0.717, 1.165) is 12.2 Å². The van der Waals surface area contributed by atoms with Gasteiger partial charge in [0.1, 0.15) is 5.60 Å². The summed E-state index contributed by atoms with van der Waals surface area (Å²) < 4.78 is 7.37. The molecule has 1 aliphatic heterocycles. The lowest BCUT2D eigenvalue weighted by atomic mass is 9.88. The van der Waals surface area contributed by atoms with Crippen LogP contribution in [0, 0.1) is 12.3 Å². The van der Waals surface area contributed by atoms with E-state index >= 15 is 0 Å². The zero-order chi connectivity index (χ0) is 17.4. The maximum atomic E-state index is 12.3. The molecule has 1 fully saturated rings. The van der Waals surface area contributed by atoms with Gasteiger partial charge in [-0.05, 0) is 33.1 Å². The second-order valence-electron chi connectivity index (χ2n) is 8.16. The van der Waals surface area contributed by atoms with Crippen molar-refractivity contribution in [1.29, 1.82) is 0 Å². The van der Waals surface area contributed by atoms with Crippen LogP contribution in [-0.4, -0.2) is 45.5 Å². The van der Waals surface area contributed by atoms with Crippen LogP contribution in [0.5, 0.6) is 0 Å². The van der Waals surface area contributed by atoms with Crippen LogP contribution in [0.1, 0.15) is 45.9 Å². The first-order valence-electron chi connectivity index (χ1n) is 8.18. The van der Waals surface area contributed by atoms with Crippen LogP contribution >= 0.6 is 0 Å². The quantitative estimate of drug-likeness (QED) is 0.929. The molecule has 0 saturated carbocycles. The summed E-state index contributed by atoms with van der Waals surface area (Å²) in [7, 11) is 1.95. The third kappa shape index (κ3) is 4.25. The van der Waals surface area contributed by atoms with Crippen LogP contribution in [0.15, 0.2) is 6.20 Å². The summed E-state index contributed by atoms with van der Waals surface area (Å²) in [6, 6.07) is 0.231. The Hall–Kier alpha value is -1.56. The number of hydrogen-bond acceptors (Lipinski definition) is 4. The molecule has 1 aliphatic rings. The van der Waals surface area contributed by atoms with E-state index < -0.39 is 5.60 Å². The number of nitrogens with zero attached hydrogens (tertiary/aromatic N) is 3. The molecule has 1 aromatic heterocycles. The number of likely N-dealkylation sites (tertiary alicyclic amines) is 1. The Morgan fingerprint density at radius 3 is 2.65 bits per heavy atom. The number of carbonyl (C=O) groups excluding carboxylic acids is 1. The first-order valence-corrected chi connectivity index (χ1v) is 8.18. The SMILES string of the molecule is Cc1c(CNC2CN(C(=O)OC(C)(C)C)CC2(C)C)cnn1C. The van der Waals surface area contributed by atoms with Gasteiger partial charge in [-0.2, -0.15) is 5.10 Å². The standard InChI is InChI=1S/C17H30N4O2/c1-12-13(9-19-20(12)7)8-18-14-10-21(11-17(14,5)6)15(22)23-16(2,3)4/h9,14,18H,8,10-11H2,1-7H3. The van der Waals surface area contributed by atoms with Gasteiger partial charge in [0.15, 0.2) is 0 Å². The third-order valence-electron chi connectivity index (χ3n) is 4.47. The minimum Gasteiger partial charge on any atom is -0.444 e. The van der Waals surface area contributed by atoms with Gasteiger partial charge in [-0.3, -0.25) is 4.68 Å². The van der Waals surface area contributed by atoms with Gasteiger partial charge in [-0.1, -0.05) is 13.8 Å². The molecule has 0 bridgehead atoms. The molecule has 1 amide bonds. The second kappa shape index (κ2) is 6.15. The number of hydrogen-bond donors (Lipinski definition) is 1. The van der Waals surface area contributed by atoms with Crippen molar-refractivity contribution in [3.05, 3.63) is 17.5 Å². The molecule has 1 aromatic rings. The molecular formula is C17H30N4O2. The fourth-order valence-electron chi connectivity index (χ4n) is 2.89. The Labute approximate surface area is 139 Å². The first-order chi connectivity index (χ1) is 10.5. The Morgan fingerprint density at radius 2 is 2.13 bits per heavy atom.